The maximum absolute atomic E-state index is 10.2. The predicted octanol–water partition coefficient (Wildman–Crippen LogP) is 0.856. The van der Waals surface area contributed by atoms with Crippen molar-refractivity contribution in [3.05, 3.63) is 36.0 Å². The van der Waals surface area contributed by atoms with E-state index in [0.29, 0.717) is 5.56 Å². The number of hydrogen-bond donors (Lipinski definition) is 4. The second-order valence-electron chi connectivity index (χ2n) is 3.45. The predicted molar refractivity (Wildman–Crippen MR) is 66.7 cm³/mol. The van der Waals surface area contributed by atoms with Crippen molar-refractivity contribution in [3.8, 4) is 11.5 Å². The van der Waals surface area contributed by atoms with E-state index < -0.39 is 5.97 Å². The van der Waals surface area contributed by atoms with Gasteiger partial charge in [0.15, 0.2) is 11.5 Å². The summed E-state index contributed by atoms with van der Waals surface area (Å²) in [5.41, 5.74) is 0.456. The van der Waals surface area contributed by atoms with Crippen molar-refractivity contribution >= 4 is 12.2 Å². The molecule has 0 aromatic heterocycles. The van der Waals surface area contributed by atoms with Gasteiger partial charge < -0.3 is 20.6 Å². The minimum Gasteiger partial charge on any atom is -0.504 e. The number of nitrogens with zero attached hydrogens (tertiary/aromatic N) is 1. The highest BCUT2D eigenvalue weighted by atomic mass is 16.4. The number of aromatic hydroxyl groups is 2. The quantitative estimate of drug-likeness (QED) is 0.583. The second kappa shape index (κ2) is 6.95. The average molecular weight is 250 g/mol. The van der Waals surface area contributed by atoms with Crippen LogP contribution in [0.4, 0.5) is 0 Å². The molecule has 1 aromatic rings. The van der Waals surface area contributed by atoms with E-state index >= 15 is 0 Å². The molecule has 0 aliphatic carbocycles. The Hall–Kier alpha value is -2.50. The van der Waals surface area contributed by atoms with Crippen LogP contribution in [0.3, 0.4) is 0 Å². The Morgan fingerprint density at radius 1 is 1.33 bits per heavy atom. The number of hydrogen-bond acceptors (Lipinski definition) is 5. The largest absolute Gasteiger partial charge is 0.504 e. The summed E-state index contributed by atoms with van der Waals surface area (Å²) in [6, 6.07) is 3.93. The molecule has 1 aliphatic rings. The summed E-state index contributed by atoms with van der Waals surface area (Å²) in [5, 5.41) is 29.1. The van der Waals surface area contributed by atoms with Gasteiger partial charge in [-0.2, -0.15) is 0 Å². The van der Waals surface area contributed by atoms with Crippen LogP contribution < -0.4 is 5.32 Å². The molecule has 6 nitrogen and oxygen atoms in total. The van der Waals surface area contributed by atoms with Gasteiger partial charge in [0, 0.05) is 6.21 Å². The number of aliphatic carboxylic acids is 1. The molecule has 0 amide bonds. The highest BCUT2D eigenvalue weighted by Gasteiger charge is 2.03. The average Bonchev–Trinajstić information content (AvgIpc) is 2.36. The van der Waals surface area contributed by atoms with Crippen molar-refractivity contribution < 1.29 is 20.1 Å². The summed E-state index contributed by atoms with van der Waals surface area (Å²) in [7, 11) is 0. The van der Waals surface area contributed by atoms with Crippen LogP contribution in [0, 0.1) is 0 Å². The molecule has 2 rings (SSSR count). The zero-order valence-corrected chi connectivity index (χ0v) is 9.58. The van der Waals surface area contributed by atoms with Gasteiger partial charge in [-0.05, 0) is 30.0 Å². The fraction of sp³-hybridized carbons (Fsp3) is 0.167. The molecule has 0 spiro atoms. The van der Waals surface area contributed by atoms with Gasteiger partial charge in [0.1, 0.15) is 6.67 Å². The summed E-state index contributed by atoms with van der Waals surface area (Å²) >= 11 is 0. The minimum absolute atomic E-state index is 0.159. The lowest BCUT2D eigenvalue weighted by atomic mass is 10.1. The standard InChI is InChI=1S/C8H8O4.C4H6N2/c9-6-2-1-5(3-7(6)10)4-8(11)12;1-2-5-4-6-3-1/h1-3,9-10H,4H2,(H,11,12);1-3,5H,4H2. The Balaban J connectivity index is 0.000000225. The Morgan fingerprint density at radius 2 is 2.11 bits per heavy atom. The van der Waals surface area contributed by atoms with Crippen LogP contribution in [0.1, 0.15) is 5.56 Å². The SMILES string of the molecule is C1=CNCN=C1.O=C(O)Cc1ccc(O)c(O)c1. The number of benzene rings is 1. The zero-order valence-electron chi connectivity index (χ0n) is 9.58. The van der Waals surface area contributed by atoms with Gasteiger partial charge in [-0.1, -0.05) is 6.07 Å². The number of carbonyl (C=O) groups is 1. The Labute approximate surface area is 104 Å². The first-order valence-electron chi connectivity index (χ1n) is 5.20. The maximum Gasteiger partial charge on any atom is 0.307 e. The van der Waals surface area contributed by atoms with Gasteiger partial charge in [0.05, 0.1) is 6.42 Å². The number of aliphatic imine (C=N–C) groups is 1. The normalized spacial score (nSPS) is 12.2. The summed E-state index contributed by atoms with van der Waals surface area (Å²) < 4.78 is 0. The van der Waals surface area contributed by atoms with Gasteiger partial charge in [-0.25, -0.2) is 0 Å². The first-order valence-corrected chi connectivity index (χ1v) is 5.20. The van der Waals surface area contributed by atoms with Gasteiger partial charge in [0.25, 0.3) is 0 Å². The van der Waals surface area contributed by atoms with Crippen molar-refractivity contribution in [3.63, 3.8) is 0 Å². The van der Waals surface area contributed by atoms with Crippen LogP contribution in [-0.2, 0) is 11.2 Å². The molecule has 1 aliphatic heterocycles. The number of nitrogens with one attached hydrogen (secondary N) is 1. The van der Waals surface area contributed by atoms with Crippen molar-refractivity contribution in [1.29, 1.82) is 0 Å². The molecule has 4 N–H and O–H groups in total. The molecule has 18 heavy (non-hydrogen) atoms. The van der Waals surface area contributed by atoms with Crippen LogP contribution >= 0.6 is 0 Å². The second-order valence-corrected chi connectivity index (χ2v) is 3.45. The lowest BCUT2D eigenvalue weighted by Crippen LogP contribution is -2.06. The number of phenolic OH excluding ortho intramolecular Hbond substituents is 2. The molecule has 0 saturated carbocycles. The van der Waals surface area contributed by atoms with Crippen molar-refractivity contribution in [1.82, 2.24) is 5.32 Å². The van der Waals surface area contributed by atoms with E-state index in [9.17, 15) is 4.79 Å². The Morgan fingerprint density at radius 3 is 2.50 bits per heavy atom. The molecule has 0 bridgehead atoms. The molecule has 1 aromatic carbocycles. The molecule has 96 valence electrons. The fourth-order valence-corrected chi connectivity index (χ4v) is 1.18. The third-order valence-electron chi connectivity index (χ3n) is 1.98. The van der Waals surface area contributed by atoms with E-state index in [2.05, 4.69) is 10.3 Å². The number of carboxylic acids is 1. The van der Waals surface area contributed by atoms with Crippen LogP contribution in [0.2, 0.25) is 0 Å². The van der Waals surface area contributed by atoms with Crippen LogP contribution in [-0.4, -0.2) is 34.2 Å². The lowest BCUT2D eigenvalue weighted by molar-refractivity contribution is -0.136. The maximum atomic E-state index is 10.2. The van der Waals surface area contributed by atoms with Gasteiger partial charge >= 0.3 is 5.97 Å². The third kappa shape index (κ3) is 5.02. The number of rotatable bonds is 2. The molecule has 0 saturated heterocycles. The molecule has 0 radical (unpaired) electrons. The smallest absolute Gasteiger partial charge is 0.307 e. The lowest BCUT2D eigenvalue weighted by Gasteiger charge is -1.99. The molecule has 6 heteroatoms. The van der Waals surface area contributed by atoms with Gasteiger partial charge in [-0.15, -0.1) is 0 Å². The molecule has 0 unspecified atom stereocenters. The number of carboxylic acid groups (broad SMARTS) is 1. The van der Waals surface area contributed by atoms with Crippen molar-refractivity contribution in [2.75, 3.05) is 6.67 Å². The molecule has 0 atom stereocenters. The summed E-state index contributed by atoms with van der Waals surface area (Å²) in [6.45, 7) is 0.733. The minimum atomic E-state index is -0.972. The van der Waals surface area contributed by atoms with E-state index in [1.807, 2.05) is 12.3 Å². The first-order chi connectivity index (χ1) is 8.59. The van der Waals surface area contributed by atoms with Gasteiger partial charge in [0.2, 0.25) is 0 Å². The van der Waals surface area contributed by atoms with E-state index in [0.717, 1.165) is 6.67 Å². The van der Waals surface area contributed by atoms with E-state index in [-0.39, 0.29) is 17.9 Å². The molecular formula is C12H14N2O4. The van der Waals surface area contributed by atoms with Crippen LogP contribution in [0.15, 0.2) is 35.5 Å². The highest BCUT2D eigenvalue weighted by Crippen LogP contribution is 2.24. The molecular weight excluding hydrogens is 236 g/mol. The third-order valence-corrected chi connectivity index (χ3v) is 1.98. The van der Waals surface area contributed by atoms with E-state index in [1.165, 1.54) is 18.2 Å². The molecule has 0 fully saturated rings. The zero-order chi connectivity index (χ0) is 13.4. The van der Waals surface area contributed by atoms with Crippen molar-refractivity contribution in [2.24, 2.45) is 4.99 Å². The van der Waals surface area contributed by atoms with E-state index in [1.54, 1.807) is 6.21 Å². The van der Waals surface area contributed by atoms with E-state index in [4.69, 9.17) is 15.3 Å². The topological polar surface area (TPSA) is 102 Å². The Kier molecular flexibility index (Phi) is 5.24. The number of allylic oxidation sites excluding steroid dienone is 1. The highest BCUT2D eigenvalue weighted by molar-refractivity contribution is 5.71. The van der Waals surface area contributed by atoms with Crippen LogP contribution in [0.25, 0.3) is 0 Å². The Bertz CT molecular complexity index is 457. The summed E-state index contributed by atoms with van der Waals surface area (Å²) in [5.74, 6) is -1.52. The van der Waals surface area contributed by atoms with Crippen LogP contribution in [0.5, 0.6) is 11.5 Å². The molecule has 1 heterocycles. The number of phenols is 2. The summed E-state index contributed by atoms with van der Waals surface area (Å²) in [4.78, 5) is 14.1. The first kappa shape index (κ1) is 13.6. The fourth-order valence-electron chi connectivity index (χ4n) is 1.18. The van der Waals surface area contributed by atoms with Crippen molar-refractivity contribution in [2.45, 2.75) is 6.42 Å². The summed E-state index contributed by atoms with van der Waals surface area (Å²) in [6.07, 6.45) is 5.35. The van der Waals surface area contributed by atoms with Gasteiger partial charge in [-0.3, -0.25) is 9.79 Å². The monoisotopic (exact) mass is 250 g/mol.